The molecule has 2 aromatic carbocycles. The van der Waals surface area contributed by atoms with Crippen molar-refractivity contribution in [2.75, 3.05) is 5.32 Å². The highest BCUT2D eigenvalue weighted by molar-refractivity contribution is 6.00. The molecule has 0 saturated carbocycles. The van der Waals surface area contributed by atoms with Crippen LogP contribution in [0.1, 0.15) is 13.8 Å². The first-order valence-electron chi connectivity index (χ1n) is 7.30. The predicted octanol–water partition coefficient (Wildman–Crippen LogP) is 4.30. The number of anilines is 1. The van der Waals surface area contributed by atoms with Gasteiger partial charge in [-0.25, -0.2) is 0 Å². The van der Waals surface area contributed by atoms with E-state index in [4.69, 9.17) is 0 Å². The van der Waals surface area contributed by atoms with Crippen molar-refractivity contribution in [3.8, 4) is 11.1 Å². The van der Waals surface area contributed by atoms with Gasteiger partial charge in [0.2, 0.25) is 0 Å². The third kappa shape index (κ3) is 2.75. The summed E-state index contributed by atoms with van der Waals surface area (Å²) in [6.07, 6.45) is 2.03. The predicted molar refractivity (Wildman–Crippen MR) is 87.2 cm³/mol. The zero-order chi connectivity index (χ0) is 14.8. The Labute approximate surface area is 125 Å². The number of benzene rings is 2. The van der Waals surface area contributed by atoms with Crippen molar-refractivity contribution in [1.82, 2.24) is 0 Å². The van der Waals surface area contributed by atoms with Crippen LogP contribution in [0.5, 0.6) is 0 Å². The van der Waals surface area contributed by atoms with Crippen LogP contribution in [-0.4, -0.2) is 11.8 Å². The number of nitrogens with one attached hydrogen (secondary N) is 1. The topological polar surface area (TPSA) is 29.1 Å². The summed E-state index contributed by atoms with van der Waals surface area (Å²) in [5.74, 6) is 0.257. The molecule has 0 spiro atoms. The molecule has 0 aliphatic heterocycles. The van der Waals surface area contributed by atoms with Crippen molar-refractivity contribution in [3.05, 3.63) is 66.2 Å². The molecule has 2 atom stereocenters. The maximum absolute atomic E-state index is 11.8. The van der Waals surface area contributed by atoms with Crippen LogP contribution in [0.3, 0.4) is 0 Å². The highest BCUT2D eigenvalue weighted by Crippen LogP contribution is 2.26. The lowest BCUT2D eigenvalue weighted by atomic mass is 10.0. The number of rotatable bonds is 3. The van der Waals surface area contributed by atoms with E-state index in [2.05, 4.69) is 41.7 Å². The lowest BCUT2D eigenvalue weighted by molar-refractivity contribution is -0.117. The quantitative estimate of drug-likeness (QED) is 0.906. The van der Waals surface area contributed by atoms with Crippen molar-refractivity contribution in [1.29, 1.82) is 0 Å². The minimum atomic E-state index is 0.0128. The summed E-state index contributed by atoms with van der Waals surface area (Å²) < 4.78 is 0. The maximum atomic E-state index is 11.8. The van der Waals surface area contributed by atoms with Crippen molar-refractivity contribution in [2.24, 2.45) is 5.92 Å². The van der Waals surface area contributed by atoms with Crippen LogP contribution >= 0.6 is 0 Å². The summed E-state index contributed by atoms with van der Waals surface area (Å²) in [6, 6.07) is 18.8. The summed E-state index contributed by atoms with van der Waals surface area (Å²) in [5, 5.41) is 3.43. The molecule has 0 fully saturated rings. The van der Waals surface area contributed by atoms with Gasteiger partial charge in [-0.1, -0.05) is 55.5 Å². The van der Waals surface area contributed by atoms with Gasteiger partial charge in [-0.15, -0.1) is 0 Å². The Kier molecular flexibility index (Phi) is 3.61. The molecule has 3 rings (SSSR count). The number of allylic oxidation sites excluding steroid dienone is 1. The highest BCUT2D eigenvalue weighted by Gasteiger charge is 2.29. The minimum absolute atomic E-state index is 0.0128. The Bertz CT molecular complexity index is 670. The molecule has 0 saturated heterocycles. The average molecular weight is 277 g/mol. The monoisotopic (exact) mass is 277 g/mol. The first-order valence-corrected chi connectivity index (χ1v) is 7.30. The first kappa shape index (κ1) is 13.6. The van der Waals surface area contributed by atoms with Crippen LogP contribution in [0.2, 0.25) is 0 Å². The van der Waals surface area contributed by atoms with Crippen molar-refractivity contribution in [2.45, 2.75) is 19.9 Å². The Morgan fingerprint density at radius 2 is 1.52 bits per heavy atom. The third-order valence-corrected chi connectivity index (χ3v) is 4.10. The van der Waals surface area contributed by atoms with Gasteiger partial charge in [-0.3, -0.25) is 4.79 Å². The molecule has 21 heavy (non-hydrogen) atoms. The summed E-state index contributed by atoms with van der Waals surface area (Å²) in [6.45, 7) is 3.87. The Balaban J connectivity index is 1.75. The largest absolute Gasteiger partial charge is 0.378 e. The van der Waals surface area contributed by atoms with Crippen LogP contribution in [0.25, 0.3) is 11.1 Å². The molecule has 0 unspecified atom stereocenters. The molecule has 2 heteroatoms. The second kappa shape index (κ2) is 5.57. The maximum Gasteiger partial charge on any atom is 0.163 e. The second-order valence-corrected chi connectivity index (χ2v) is 5.62. The van der Waals surface area contributed by atoms with Gasteiger partial charge >= 0.3 is 0 Å². The van der Waals surface area contributed by atoms with Crippen LogP contribution in [-0.2, 0) is 4.79 Å². The SMILES string of the molecule is CC1=C[C@@H](Nc2ccc(-c3ccccc3)cc2)[C@H](C)C1=O. The van der Waals surface area contributed by atoms with Gasteiger partial charge < -0.3 is 5.32 Å². The third-order valence-electron chi connectivity index (χ3n) is 4.10. The average Bonchev–Trinajstić information content (AvgIpc) is 2.76. The van der Waals surface area contributed by atoms with Crippen molar-refractivity contribution < 1.29 is 4.79 Å². The lowest BCUT2D eigenvalue weighted by Crippen LogP contribution is -2.25. The zero-order valence-electron chi connectivity index (χ0n) is 12.3. The molecule has 0 radical (unpaired) electrons. The first-order chi connectivity index (χ1) is 10.1. The van der Waals surface area contributed by atoms with E-state index in [0.717, 1.165) is 11.3 Å². The van der Waals surface area contributed by atoms with Crippen molar-refractivity contribution in [3.63, 3.8) is 0 Å². The van der Waals surface area contributed by atoms with Gasteiger partial charge in [0.05, 0.1) is 6.04 Å². The van der Waals surface area contributed by atoms with Crippen LogP contribution in [0.4, 0.5) is 5.69 Å². The standard InChI is InChI=1S/C19H19NO/c1-13-12-18(14(2)19(13)21)20-17-10-8-16(9-11-17)15-6-4-3-5-7-15/h3-12,14,18,20H,1-2H3/t14-,18+/m0/s1. The number of hydrogen-bond donors (Lipinski definition) is 1. The van der Waals surface area contributed by atoms with Gasteiger partial charge in [0.15, 0.2) is 5.78 Å². The second-order valence-electron chi connectivity index (χ2n) is 5.62. The fraction of sp³-hybridized carbons (Fsp3) is 0.211. The summed E-state index contributed by atoms with van der Waals surface area (Å²) in [7, 11) is 0. The molecule has 1 aliphatic rings. The normalized spacial score (nSPS) is 21.2. The highest BCUT2D eigenvalue weighted by atomic mass is 16.1. The van der Waals surface area contributed by atoms with Gasteiger partial charge in [0.1, 0.15) is 0 Å². The number of hydrogen-bond acceptors (Lipinski definition) is 2. The Morgan fingerprint density at radius 3 is 2.10 bits per heavy atom. The molecule has 0 bridgehead atoms. The van der Waals surface area contributed by atoms with Gasteiger partial charge in [-0.2, -0.15) is 0 Å². The van der Waals surface area contributed by atoms with E-state index in [9.17, 15) is 4.79 Å². The Hall–Kier alpha value is -2.35. The fourth-order valence-corrected chi connectivity index (χ4v) is 2.77. The van der Waals surface area contributed by atoms with Crippen molar-refractivity contribution >= 4 is 11.5 Å². The molecular weight excluding hydrogens is 258 g/mol. The summed E-state index contributed by atoms with van der Waals surface area (Å²) >= 11 is 0. The summed E-state index contributed by atoms with van der Waals surface area (Å²) in [5.41, 5.74) is 4.32. The van der Waals surface area contributed by atoms with E-state index >= 15 is 0 Å². The summed E-state index contributed by atoms with van der Waals surface area (Å²) in [4.78, 5) is 11.8. The molecule has 2 nitrogen and oxygen atoms in total. The van der Waals surface area contributed by atoms with Crippen LogP contribution in [0, 0.1) is 5.92 Å². The number of carbonyl (C=O) groups is 1. The molecule has 0 aromatic heterocycles. The molecule has 1 N–H and O–H groups in total. The van der Waals surface area contributed by atoms with E-state index < -0.39 is 0 Å². The molecule has 1 aliphatic carbocycles. The van der Waals surface area contributed by atoms with Crippen LogP contribution in [0.15, 0.2) is 66.2 Å². The minimum Gasteiger partial charge on any atom is -0.378 e. The van der Waals surface area contributed by atoms with Gasteiger partial charge in [0.25, 0.3) is 0 Å². The number of ketones is 1. The fourth-order valence-electron chi connectivity index (χ4n) is 2.77. The molecular formula is C19H19NO. The Morgan fingerprint density at radius 1 is 0.905 bits per heavy atom. The molecule has 106 valence electrons. The van der Waals surface area contributed by atoms with Crippen LogP contribution < -0.4 is 5.32 Å². The molecule has 0 heterocycles. The zero-order valence-corrected chi connectivity index (χ0v) is 12.3. The lowest BCUT2D eigenvalue weighted by Gasteiger charge is -2.17. The van der Waals surface area contributed by atoms with E-state index in [1.54, 1.807) is 0 Å². The number of carbonyl (C=O) groups excluding carboxylic acids is 1. The molecule has 0 amide bonds. The van der Waals surface area contributed by atoms with Gasteiger partial charge in [-0.05, 0) is 35.8 Å². The van der Waals surface area contributed by atoms with E-state index in [1.807, 2.05) is 38.1 Å². The number of Topliss-reactive ketones (excluding diaryl/α,β-unsaturated/α-hetero) is 1. The van der Waals surface area contributed by atoms with E-state index in [0.29, 0.717) is 0 Å². The smallest absolute Gasteiger partial charge is 0.163 e. The molecule has 2 aromatic rings. The van der Waals surface area contributed by atoms with Gasteiger partial charge in [0, 0.05) is 11.6 Å². The van der Waals surface area contributed by atoms with E-state index in [1.165, 1.54) is 11.1 Å². The van der Waals surface area contributed by atoms with E-state index in [-0.39, 0.29) is 17.7 Å².